The fraction of sp³-hybridized carbons (Fsp3) is 0.407. The monoisotopic (exact) mass is 559 g/mol. The smallest absolute Gasteiger partial charge is 0.332 e. The summed E-state index contributed by atoms with van der Waals surface area (Å²) < 4.78 is 44.7. The van der Waals surface area contributed by atoms with Gasteiger partial charge in [0.2, 0.25) is 10.0 Å². The van der Waals surface area contributed by atoms with Gasteiger partial charge in [0.1, 0.15) is 0 Å². The maximum atomic E-state index is 15.1. The molecule has 38 heavy (non-hydrogen) atoms. The first-order valence-corrected chi connectivity index (χ1v) is 14.9. The summed E-state index contributed by atoms with van der Waals surface area (Å²) in [6, 6.07) is 12.4. The van der Waals surface area contributed by atoms with E-state index < -0.39 is 21.6 Å². The van der Waals surface area contributed by atoms with Crippen molar-refractivity contribution in [3.05, 3.63) is 65.3 Å². The molecule has 11 heteroatoms. The predicted octanol–water partition coefficient (Wildman–Crippen LogP) is 5.47. The average Bonchev–Trinajstić information content (AvgIpc) is 3.36. The molecule has 0 unspecified atom stereocenters. The van der Waals surface area contributed by atoms with Crippen molar-refractivity contribution in [2.45, 2.75) is 75.4 Å². The van der Waals surface area contributed by atoms with Crippen LogP contribution in [0.1, 0.15) is 62.9 Å². The third kappa shape index (κ3) is 6.96. The van der Waals surface area contributed by atoms with Crippen LogP contribution in [-0.4, -0.2) is 31.0 Å². The van der Waals surface area contributed by atoms with Crippen LogP contribution in [0, 0.1) is 0 Å². The molecule has 1 aliphatic rings. The number of carbonyl (C=O) groups is 1. The van der Waals surface area contributed by atoms with E-state index in [4.69, 9.17) is 5.73 Å². The molecule has 4 rings (SSSR count). The summed E-state index contributed by atoms with van der Waals surface area (Å²) >= 11 is 1.44. The molecule has 0 atom stereocenters. The first-order chi connectivity index (χ1) is 17.9. The summed E-state index contributed by atoms with van der Waals surface area (Å²) in [6.45, 7) is 5.31. The van der Waals surface area contributed by atoms with E-state index in [9.17, 15) is 13.2 Å². The second kappa shape index (κ2) is 11.5. The number of sulfonamides is 1. The largest absolute Gasteiger partial charge is 0.350 e. The summed E-state index contributed by atoms with van der Waals surface area (Å²) in [7, 11) is -4.07. The van der Waals surface area contributed by atoms with Crippen molar-refractivity contribution in [3.8, 4) is 10.4 Å². The third-order valence-corrected chi connectivity index (χ3v) is 9.29. The molecule has 0 saturated heterocycles. The Bertz CT molecular complexity index is 1360. The van der Waals surface area contributed by atoms with Crippen molar-refractivity contribution in [2.75, 3.05) is 5.12 Å². The zero-order valence-corrected chi connectivity index (χ0v) is 23.4. The standard InChI is InChI=1S/C27H34FN5O3S2/c1-27(2,3)32-38(35,36)24-15-21(33(28)26(34)31-16-18-7-5-4-6-8-18)13-14-22(24)23-17-30-25(37-23)19-9-11-20(29)12-10-19/h4-8,13-15,17,19-20,32H,9-12,16,29H2,1-3H3,(H,31,34). The lowest BCUT2D eigenvalue weighted by Gasteiger charge is -2.24. The van der Waals surface area contributed by atoms with Crippen molar-refractivity contribution in [2.24, 2.45) is 5.73 Å². The van der Waals surface area contributed by atoms with Gasteiger partial charge in [0, 0.05) is 35.8 Å². The number of thiazole rings is 1. The lowest BCUT2D eigenvalue weighted by molar-refractivity contribution is 0.233. The highest BCUT2D eigenvalue weighted by Gasteiger charge is 2.29. The van der Waals surface area contributed by atoms with Crippen molar-refractivity contribution < 1.29 is 17.7 Å². The van der Waals surface area contributed by atoms with Gasteiger partial charge >= 0.3 is 6.03 Å². The minimum Gasteiger partial charge on any atom is -0.332 e. The summed E-state index contributed by atoms with van der Waals surface area (Å²) in [5, 5.41) is 3.38. The Morgan fingerprint density at radius 2 is 1.82 bits per heavy atom. The Labute approximate surface area is 227 Å². The molecule has 1 saturated carbocycles. The third-order valence-electron chi connectivity index (χ3n) is 6.30. The summed E-state index contributed by atoms with van der Waals surface area (Å²) in [5.41, 5.74) is 6.29. The van der Waals surface area contributed by atoms with Crippen LogP contribution >= 0.6 is 11.3 Å². The highest BCUT2D eigenvalue weighted by Crippen LogP contribution is 2.40. The van der Waals surface area contributed by atoms with Crippen LogP contribution in [-0.2, 0) is 16.6 Å². The number of rotatable bonds is 7. The molecule has 3 aromatic rings. The molecular formula is C27H34FN5O3S2. The second-order valence-electron chi connectivity index (χ2n) is 10.6. The van der Waals surface area contributed by atoms with E-state index >= 15 is 4.48 Å². The molecule has 2 aromatic carbocycles. The minimum atomic E-state index is -4.07. The topological polar surface area (TPSA) is 117 Å². The van der Waals surface area contributed by atoms with E-state index in [0.717, 1.165) is 36.3 Å². The second-order valence-corrected chi connectivity index (χ2v) is 13.3. The number of nitrogens with two attached hydrogens (primary N) is 1. The quantitative estimate of drug-likeness (QED) is 0.332. The molecule has 0 aliphatic heterocycles. The fourth-order valence-electron chi connectivity index (χ4n) is 4.44. The minimum absolute atomic E-state index is 0.0772. The number of nitrogens with zero attached hydrogens (tertiary/aromatic N) is 2. The Morgan fingerprint density at radius 1 is 1.13 bits per heavy atom. The predicted molar refractivity (Wildman–Crippen MR) is 149 cm³/mol. The lowest BCUT2D eigenvalue weighted by Crippen LogP contribution is -2.40. The van der Waals surface area contributed by atoms with Gasteiger partial charge in [-0.3, -0.25) is 0 Å². The number of hydrogen-bond acceptors (Lipinski definition) is 6. The zero-order valence-electron chi connectivity index (χ0n) is 21.8. The average molecular weight is 560 g/mol. The molecule has 8 nitrogen and oxygen atoms in total. The number of anilines is 1. The van der Waals surface area contributed by atoms with Crippen LogP contribution in [0.2, 0.25) is 0 Å². The highest BCUT2D eigenvalue weighted by atomic mass is 32.2. The van der Waals surface area contributed by atoms with Crippen LogP contribution in [0.4, 0.5) is 15.0 Å². The highest BCUT2D eigenvalue weighted by molar-refractivity contribution is 7.89. The van der Waals surface area contributed by atoms with E-state index in [0.29, 0.717) is 10.4 Å². The van der Waals surface area contributed by atoms with Gasteiger partial charge in [-0.2, -0.15) is 0 Å². The van der Waals surface area contributed by atoms with Crippen LogP contribution in [0.3, 0.4) is 0 Å². The van der Waals surface area contributed by atoms with Gasteiger partial charge in [-0.25, -0.2) is 22.9 Å². The first-order valence-electron chi connectivity index (χ1n) is 12.6. The van der Waals surface area contributed by atoms with Crippen LogP contribution < -0.4 is 20.9 Å². The number of nitrogens with one attached hydrogen (secondary N) is 2. The number of carbonyl (C=O) groups excluding carboxylic acids is 1. The van der Waals surface area contributed by atoms with Crippen LogP contribution in [0.15, 0.2) is 59.6 Å². The number of aromatic nitrogens is 1. The van der Waals surface area contributed by atoms with Gasteiger partial charge in [-0.15, -0.1) is 16.5 Å². The first kappa shape index (κ1) is 28.2. The summed E-state index contributed by atoms with van der Waals surface area (Å²) in [4.78, 5) is 17.7. The molecule has 2 amide bonds. The molecule has 0 bridgehead atoms. The maximum absolute atomic E-state index is 15.1. The van der Waals surface area contributed by atoms with Crippen molar-refractivity contribution in [1.82, 2.24) is 15.0 Å². The molecule has 1 fully saturated rings. The van der Waals surface area contributed by atoms with Crippen molar-refractivity contribution in [3.63, 3.8) is 0 Å². The molecule has 0 spiro atoms. The van der Waals surface area contributed by atoms with E-state index in [1.165, 1.54) is 29.5 Å². The van der Waals surface area contributed by atoms with Gasteiger partial charge in [0.15, 0.2) is 0 Å². The van der Waals surface area contributed by atoms with Gasteiger partial charge < -0.3 is 11.1 Å². The number of benzene rings is 2. The van der Waals surface area contributed by atoms with Crippen LogP contribution in [0.5, 0.6) is 0 Å². The van der Waals surface area contributed by atoms with Gasteiger partial charge in [-0.1, -0.05) is 34.8 Å². The molecule has 1 aliphatic carbocycles. The van der Waals surface area contributed by atoms with E-state index in [2.05, 4.69) is 15.0 Å². The van der Waals surface area contributed by atoms with Gasteiger partial charge in [-0.05, 0) is 70.2 Å². The summed E-state index contributed by atoms with van der Waals surface area (Å²) in [6.07, 6.45) is 5.42. The molecule has 0 radical (unpaired) electrons. The zero-order chi connectivity index (χ0) is 27.5. The summed E-state index contributed by atoms with van der Waals surface area (Å²) in [5.74, 6) is 0.287. The normalized spacial score (nSPS) is 18.2. The fourth-order valence-corrected chi connectivity index (χ4v) is 7.29. The molecular weight excluding hydrogens is 525 g/mol. The Kier molecular flexibility index (Phi) is 8.51. The SMILES string of the molecule is CC(C)(C)NS(=O)(=O)c1cc(N(F)C(=O)NCc2ccccc2)ccc1-c1cnc(C2CCC(N)CC2)s1. The Balaban J connectivity index is 1.64. The number of amides is 2. The molecule has 204 valence electrons. The van der Waals surface area contributed by atoms with Crippen molar-refractivity contribution >= 4 is 33.1 Å². The molecule has 4 N–H and O–H groups in total. The van der Waals surface area contributed by atoms with Crippen molar-refractivity contribution in [1.29, 1.82) is 0 Å². The number of halogens is 1. The number of hydrogen-bond donors (Lipinski definition) is 3. The Hall–Kier alpha value is -2.86. The van der Waals surface area contributed by atoms with Gasteiger partial charge in [0.25, 0.3) is 0 Å². The van der Waals surface area contributed by atoms with Crippen LogP contribution in [0.25, 0.3) is 10.4 Å². The molecule has 1 heterocycles. The Morgan fingerprint density at radius 3 is 2.47 bits per heavy atom. The maximum Gasteiger partial charge on any atom is 0.350 e. The van der Waals surface area contributed by atoms with E-state index in [-0.39, 0.29) is 34.2 Å². The van der Waals surface area contributed by atoms with E-state index in [1.54, 1.807) is 27.0 Å². The van der Waals surface area contributed by atoms with E-state index in [1.807, 2.05) is 30.3 Å². The molecule has 1 aromatic heterocycles. The lowest BCUT2D eigenvalue weighted by atomic mass is 9.87. The number of urea groups is 1. The van der Waals surface area contributed by atoms with Gasteiger partial charge in [0.05, 0.1) is 20.5 Å².